The number of carbonyl (C=O) groups excluding carboxylic acids is 1. The molecule has 0 aliphatic rings. The highest BCUT2D eigenvalue weighted by molar-refractivity contribution is 5.85. The van der Waals surface area contributed by atoms with Crippen LogP contribution in [0.15, 0.2) is 24.3 Å². The number of ether oxygens (including phenoxy) is 1. The third kappa shape index (κ3) is 4.24. The molecule has 1 rings (SSSR count). The second kappa shape index (κ2) is 5.61. The van der Waals surface area contributed by atoms with Gasteiger partial charge < -0.3 is 15.8 Å². The van der Waals surface area contributed by atoms with E-state index in [0.717, 1.165) is 11.3 Å². The fraction of sp³-hybridized carbons (Fsp3) is 0.533. The van der Waals surface area contributed by atoms with Crippen LogP contribution in [0.3, 0.4) is 0 Å². The van der Waals surface area contributed by atoms with Crippen LogP contribution in [0.5, 0.6) is 5.75 Å². The summed E-state index contributed by atoms with van der Waals surface area (Å²) in [4.78, 5) is 11.8. The quantitative estimate of drug-likeness (QED) is 0.852. The van der Waals surface area contributed by atoms with E-state index in [4.69, 9.17) is 10.5 Å². The van der Waals surface area contributed by atoms with Crippen molar-refractivity contribution in [1.29, 1.82) is 0 Å². The van der Waals surface area contributed by atoms with Gasteiger partial charge in [-0.15, -0.1) is 0 Å². The second-order valence-electron chi connectivity index (χ2n) is 6.02. The average Bonchev–Trinajstić information content (AvgIpc) is 2.35. The zero-order valence-electron chi connectivity index (χ0n) is 12.4. The number of hydrogen-bond acceptors (Lipinski definition) is 3. The van der Waals surface area contributed by atoms with E-state index in [9.17, 15) is 4.79 Å². The molecule has 0 radical (unpaired) electrons. The third-order valence-corrected chi connectivity index (χ3v) is 3.13. The van der Waals surface area contributed by atoms with Crippen LogP contribution in [-0.4, -0.2) is 25.1 Å². The maximum atomic E-state index is 11.8. The van der Waals surface area contributed by atoms with Crippen molar-refractivity contribution >= 4 is 5.91 Å². The molecule has 0 saturated heterocycles. The fourth-order valence-electron chi connectivity index (χ4n) is 1.68. The Labute approximate surface area is 115 Å². The summed E-state index contributed by atoms with van der Waals surface area (Å²) in [5.74, 6) is 0.666. The molecular formula is C15H24N2O2. The summed E-state index contributed by atoms with van der Waals surface area (Å²) in [7, 11) is 1.64. The first-order chi connectivity index (χ1) is 8.66. The Morgan fingerprint density at radius 2 is 1.95 bits per heavy atom. The number of nitrogens with two attached hydrogens (primary N) is 1. The number of nitrogens with one attached hydrogen (secondary N) is 1. The minimum atomic E-state index is -0.857. The fourth-order valence-corrected chi connectivity index (χ4v) is 1.68. The smallest absolute Gasteiger partial charge is 0.239 e. The largest absolute Gasteiger partial charge is 0.497 e. The number of rotatable bonds is 5. The zero-order valence-corrected chi connectivity index (χ0v) is 12.4. The summed E-state index contributed by atoms with van der Waals surface area (Å²) in [5, 5.41) is 2.89. The van der Waals surface area contributed by atoms with Gasteiger partial charge in [0.2, 0.25) is 5.91 Å². The molecule has 1 aromatic carbocycles. The van der Waals surface area contributed by atoms with E-state index < -0.39 is 5.54 Å². The van der Waals surface area contributed by atoms with Crippen LogP contribution in [-0.2, 0) is 10.2 Å². The Hall–Kier alpha value is -1.55. The van der Waals surface area contributed by atoms with Gasteiger partial charge in [-0.3, -0.25) is 4.79 Å². The molecule has 0 atom stereocenters. The molecule has 0 aliphatic heterocycles. The molecule has 0 aromatic heterocycles. The molecule has 4 heteroatoms. The number of hydrogen-bond donors (Lipinski definition) is 2. The van der Waals surface area contributed by atoms with Gasteiger partial charge in [-0.2, -0.15) is 0 Å². The minimum absolute atomic E-state index is 0.150. The van der Waals surface area contributed by atoms with Gasteiger partial charge in [0.15, 0.2) is 0 Å². The minimum Gasteiger partial charge on any atom is -0.497 e. The third-order valence-electron chi connectivity index (χ3n) is 3.13. The average molecular weight is 264 g/mol. The summed E-state index contributed by atoms with van der Waals surface area (Å²) in [6.45, 7) is 8.07. The normalized spacial score (nSPS) is 12.1. The van der Waals surface area contributed by atoms with Crippen molar-refractivity contribution in [3.63, 3.8) is 0 Å². The Bertz CT molecular complexity index is 448. The molecule has 1 amide bonds. The highest BCUT2D eigenvalue weighted by atomic mass is 16.5. The molecule has 0 fully saturated rings. The van der Waals surface area contributed by atoms with Gasteiger partial charge in [0.05, 0.1) is 12.6 Å². The zero-order chi connectivity index (χ0) is 14.7. The standard InChI is InChI=1S/C15H24N2O2/c1-14(2,10-17-13(18)15(3,4)16)11-7-6-8-12(9-11)19-5/h6-9H,10,16H2,1-5H3,(H,17,18). The van der Waals surface area contributed by atoms with Gasteiger partial charge in [-0.1, -0.05) is 26.0 Å². The Morgan fingerprint density at radius 1 is 1.32 bits per heavy atom. The highest BCUT2D eigenvalue weighted by Gasteiger charge is 2.26. The van der Waals surface area contributed by atoms with E-state index in [1.807, 2.05) is 24.3 Å². The van der Waals surface area contributed by atoms with Crippen molar-refractivity contribution in [2.24, 2.45) is 5.73 Å². The Balaban J connectivity index is 2.78. The predicted octanol–water partition coefficient (Wildman–Crippen LogP) is 1.83. The number of methoxy groups -OCH3 is 1. The van der Waals surface area contributed by atoms with Crippen LogP contribution in [0.4, 0.5) is 0 Å². The Morgan fingerprint density at radius 3 is 2.47 bits per heavy atom. The SMILES string of the molecule is COc1cccc(C(C)(C)CNC(=O)C(C)(C)N)c1. The van der Waals surface area contributed by atoms with Gasteiger partial charge in [0, 0.05) is 12.0 Å². The first kappa shape index (κ1) is 15.5. The first-order valence-corrected chi connectivity index (χ1v) is 6.38. The molecular weight excluding hydrogens is 240 g/mol. The molecule has 3 N–H and O–H groups in total. The summed E-state index contributed by atoms with van der Waals surface area (Å²) < 4.78 is 5.22. The van der Waals surface area contributed by atoms with Crippen molar-refractivity contribution in [2.75, 3.05) is 13.7 Å². The van der Waals surface area contributed by atoms with Crippen molar-refractivity contribution in [1.82, 2.24) is 5.32 Å². The van der Waals surface area contributed by atoms with Crippen LogP contribution < -0.4 is 15.8 Å². The molecule has 106 valence electrons. The van der Waals surface area contributed by atoms with E-state index in [-0.39, 0.29) is 11.3 Å². The molecule has 0 spiro atoms. The van der Waals surface area contributed by atoms with Crippen molar-refractivity contribution < 1.29 is 9.53 Å². The summed E-state index contributed by atoms with van der Waals surface area (Å²) in [6.07, 6.45) is 0. The predicted molar refractivity (Wildman–Crippen MR) is 77.3 cm³/mol. The van der Waals surface area contributed by atoms with Crippen molar-refractivity contribution in [3.8, 4) is 5.75 Å². The van der Waals surface area contributed by atoms with Crippen LogP contribution >= 0.6 is 0 Å². The van der Waals surface area contributed by atoms with Crippen LogP contribution in [0.2, 0.25) is 0 Å². The van der Waals surface area contributed by atoms with Gasteiger partial charge in [0.1, 0.15) is 5.75 Å². The molecule has 19 heavy (non-hydrogen) atoms. The summed E-state index contributed by atoms with van der Waals surface area (Å²) in [6, 6.07) is 7.87. The molecule has 4 nitrogen and oxygen atoms in total. The monoisotopic (exact) mass is 264 g/mol. The van der Waals surface area contributed by atoms with Crippen molar-refractivity contribution in [3.05, 3.63) is 29.8 Å². The topological polar surface area (TPSA) is 64.3 Å². The lowest BCUT2D eigenvalue weighted by Gasteiger charge is -2.28. The molecule has 0 heterocycles. The summed E-state index contributed by atoms with van der Waals surface area (Å²) >= 11 is 0. The highest BCUT2D eigenvalue weighted by Crippen LogP contribution is 2.25. The maximum absolute atomic E-state index is 11.8. The van der Waals surface area contributed by atoms with E-state index >= 15 is 0 Å². The first-order valence-electron chi connectivity index (χ1n) is 6.38. The maximum Gasteiger partial charge on any atom is 0.239 e. The lowest BCUT2D eigenvalue weighted by molar-refractivity contribution is -0.125. The second-order valence-corrected chi connectivity index (χ2v) is 6.02. The van der Waals surface area contributed by atoms with E-state index in [1.54, 1.807) is 21.0 Å². The van der Waals surface area contributed by atoms with E-state index in [1.165, 1.54) is 0 Å². The van der Waals surface area contributed by atoms with Crippen molar-refractivity contribution in [2.45, 2.75) is 38.6 Å². The number of carbonyl (C=O) groups is 1. The molecule has 1 aromatic rings. The molecule has 0 saturated carbocycles. The summed E-state index contributed by atoms with van der Waals surface area (Å²) in [5.41, 5.74) is 5.83. The Kier molecular flexibility index (Phi) is 4.58. The molecule has 0 unspecified atom stereocenters. The van der Waals surface area contributed by atoms with Gasteiger partial charge in [0.25, 0.3) is 0 Å². The molecule has 0 aliphatic carbocycles. The van der Waals surface area contributed by atoms with Gasteiger partial charge in [-0.25, -0.2) is 0 Å². The number of benzene rings is 1. The van der Waals surface area contributed by atoms with Crippen LogP contribution in [0.1, 0.15) is 33.3 Å². The van der Waals surface area contributed by atoms with E-state index in [2.05, 4.69) is 19.2 Å². The van der Waals surface area contributed by atoms with E-state index in [0.29, 0.717) is 6.54 Å². The van der Waals surface area contributed by atoms with Gasteiger partial charge in [-0.05, 0) is 31.5 Å². The molecule has 0 bridgehead atoms. The van der Waals surface area contributed by atoms with Crippen LogP contribution in [0, 0.1) is 0 Å². The van der Waals surface area contributed by atoms with Crippen LogP contribution in [0.25, 0.3) is 0 Å². The number of amides is 1. The lowest BCUT2D eigenvalue weighted by atomic mass is 9.84. The lowest BCUT2D eigenvalue weighted by Crippen LogP contribution is -2.51. The van der Waals surface area contributed by atoms with Gasteiger partial charge >= 0.3 is 0 Å².